The highest BCUT2D eigenvalue weighted by Crippen LogP contribution is 2.15. The van der Waals surface area contributed by atoms with Crippen molar-refractivity contribution in [3.05, 3.63) is 23.3 Å². The fourth-order valence-electron chi connectivity index (χ4n) is 1.09. The summed E-state index contributed by atoms with van der Waals surface area (Å²) in [5.41, 5.74) is 0.708. The van der Waals surface area contributed by atoms with Crippen LogP contribution < -0.4 is 0 Å². The topological polar surface area (TPSA) is 63.1 Å². The zero-order valence-corrected chi connectivity index (χ0v) is 8.61. The highest BCUT2D eigenvalue weighted by Gasteiger charge is 2.13. The van der Waals surface area contributed by atoms with E-state index in [9.17, 15) is 4.79 Å². The first-order chi connectivity index (χ1) is 6.56. The molecule has 4 nitrogen and oxygen atoms in total. The molecule has 1 unspecified atom stereocenters. The van der Waals surface area contributed by atoms with E-state index in [1.54, 1.807) is 13.1 Å². The Balaban J connectivity index is 3.12. The summed E-state index contributed by atoms with van der Waals surface area (Å²) in [6.07, 6.45) is 2.47. The van der Waals surface area contributed by atoms with Crippen molar-refractivity contribution in [3.8, 4) is 0 Å². The van der Waals surface area contributed by atoms with E-state index < -0.39 is 5.97 Å². The van der Waals surface area contributed by atoms with E-state index in [0.29, 0.717) is 11.4 Å². The van der Waals surface area contributed by atoms with Crippen LogP contribution in [0.4, 0.5) is 0 Å². The Morgan fingerprint density at radius 1 is 1.64 bits per heavy atom. The lowest BCUT2D eigenvalue weighted by molar-refractivity contribution is 0.0689. The Labute approximate surface area is 83.0 Å². The molecular weight excluding hydrogens is 180 g/mol. The van der Waals surface area contributed by atoms with Gasteiger partial charge in [0.05, 0.1) is 0 Å². The first kappa shape index (κ1) is 10.6. The summed E-state index contributed by atoms with van der Waals surface area (Å²) in [6, 6.07) is 0. The molecule has 1 rings (SSSR count). The predicted molar refractivity (Wildman–Crippen MR) is 52.4 cm³/mol. The zero-order chi connectivity index (χ0) is 10.7. The molecule has 1 atom stereocenters. The van der Waals surface area contributed by atoms with Crippen molar-refractivity contribution in [3.63, 3.8) is 0 Å². The third kappa shape index (κ3) is 2.07. The van der Waals surface area contributed by atoms with Crippen molar-refractivity contribution in [1.29, 1.82) is 0 Å². The second-order valence-electron chi connectivity index (χ2n) is 3.37. The van der Waals surface area contributed by atoms with Gasteiger partial charge >= 0.3 is 5.97 Å². The van der Waals surface area contributed by atoms with Crippen molar-refractivity contribution in [2.75, 3.05) is 0 Å². The predicted octanol–water partition coefficient (Wildman–Crippen LogP) is 2.00. The summed E-state index contributed by atoms with van der Waals surface area (Å²) in [5, 5.41) is 8.85. The number of hydrogen-bond donors (Lipinski definition) is 1. The molecule has 1 N–H and O–H groups in total. The number of aryl methyl sites for hydroxylation is 1. The third-order valence-corrected chi connectivity index (χ3v) is 2.25. The lowest BCUT2D eigenvalue weighted by Gasteiger charge is -2.08. The van der Waals surface area contributed by atoms with Gasteiger partial charge in [0.15, 0.2) is 5.69 Å². The molecule has 0 radical (unpaired) electrons. The zero-order valence-electron chi connectivity index (χ0n) is 8.61. The van der Waals surface area contributed by atoms with Gasteiger partial charge in [0.25, 0.3) is 0 Å². The summed E-state index contributed by atoms with van der Waals surface area (Å²) < 4.78 is 0. The van der Waals surface area contributed by atoms with E-state index in [2.05, 4.69) is 9.97 Å². The van der Waals surface area contributed by atoms with Crippen molar-refractivity contribution in [2.24, 2.45) is 0 Å². The van der Waals surface area contributed by atoms with Gasteiger partial charge in [0.1, 0.15) is 5.82 Å². The Morgan fingerprint density at radius 3 is 2.79 bits per heavy atom. The van der Waals surface area contributed by atoms with Crippen molar-refractivity contribution in [2.45, 2.75) is 33.1 Å². The number of aromatic nitrogens is 2. The van der Waals surface area contributed by atoms with Crippen LogP contribution >= 0.6 is 0 Å². The molecule has 0 saturated heterocycles. The molecule has 0 amide bonds. The molecule has 76 valence electrons. The van der Waals surface area contributed by atoms with Gasteiger partial charge in [-0.2, -0.15) is 0 Å². The van der Waals surface area contributed by atoms with Crippen LogP contribution in [0.25, 0.3) is 0 Å². The van der Waals surface area contributed by atoms with E-state index in [1.807, 2.05) is 13.8 Å². The molecule has 0 saturated carbocycles. The van der Waals surface area contributed by atoms with Crippen LogP contribution in [-0.4, -0.2) is 21.0 Å². The number of nitrogens with zero attached hydrogens (tertiary/aromatic N) is 2. The smallest absolute Gasteiger partial charge is 0.354 e. The minimum absolute atomic E-state index is 0.107. The van der Waals surface area contributed by atoms with Gasteiger partial charge in [-0.25, -0.2) is 14.8 Å². The summed E-state index contributed by atoms with van der Waals surface area (Å²) in [6.45, 7) is 5.70. The van der Waals surface area contributed by atoms with Crippen LogP contribution in [0.3, 0.4) is 0 Å². The van der Waals surface area contributed by atoms with Crippen LogP contribution in [-0.2, 0) is 0 Å². The van der Waals surface area contributed by atoms with Gasteiger partial charge in [-0.05, 0) is 13.3 Å². The molecule has 14 heavy (non-hydrogen) atoms. The molecule has 0 aliphatic heterocycles. The summed E-state index contributed by atoms with van der Waals surface area (Å²) in [7, 11) is 0. The minimum atomic E-state index is -0.991. The van der Waals surface area contributed by atoms with Crippen molar-refractivity contribution in [1.82, 2.24) is 9.97 Å². The number of aromatic carboxylic acids is 1. The van der Waals surface area contributed by atoms with Crippen LogP contribution in [0.5, 0.6) is 0 Å². The van der Waals surface area contributed by atoms with E-state index >= 15 is 0 Å². The number of carboxylic acids is 1. The first-order valence-electron chi connectivity index (χ1n) is 4.63. The molecule has 1 aromatic rings. The van der Waals surface area contributed by atoms with Gasteiger partial charge in [-0.15, -0.1) is 0 Å². The maximum absolute atomic E-state index is 10.8. The number of carbonyl (C=O) groups is 1. The minimum Gasteiger partial charge on any atom is -0.477 e. The van der Waals surface area contributed by atoms with Crippen LogP contribution in [0.2, 0.25) is 0 Å². The van der Waals surface area contributed by atoms with Gasteiger partial charge in [-0.1, -0.05) is 13.8 Å². The molecular formula is C10H14N2O2. The third-order valence-electron chi connectivity index (χ3n) is 2.25. The highest BCUT2D eigenvalue weighted by atomic mass is 16.4. The van der Waals surface area contributed by atoms with Crippen LogP contribution in [0.15, 0.2) is 6.20 Å². The largest absolute Gasteiger partial charge is 0.477 e. The van der Waals surface area contributed by atoms with Gasteiger partial charge in [0.2, 0.25) is 0 Å². The quantitative estimate of drug-likeness (QED) is 0.799. The maximum atomic E-state index is 10.8. The fourth-order valence-corrected chi connectivity index (χ4v) is 1.09. The Morgan fingerprint density at radius 2 is 2.29 bits per heavy atom. The number of hydrogen-bond acceptors (Lipinski definition) is 3. The Bertz CT molecular complexity index is 350. The summed E-state index contributed by atoms with van der Waals surface area (Å²) in [4.78, 5) is 18.9. The second kappa shape index (κ2) is 4.17. The first-order valence-corrected chi connectivity index (χ1v) is 4.63. The van der Waals surface area contributed by atoms with E-state index in [1.165, 1.54) is 0 Å². The summed E-state index contributed by atoms with van der Waals surface area (Å²) >= 11 is 0. The number of carboxylic acid groups (broad SMARTS) is 1. The molecule has 1 aromatic heterocycles. The molecule has 0 aromatic carbocycles. The van der Waals surface area contributed by atoms with Crippen LogP contribution in [0.1, 0.15) is 48.1 Å². The van der Waals surface area contributed by atoms with E-state index in [0.717, 1.165) is 6.42 Å². The monoisotopic (exact) mass is 194 g/mol. The normalized spacial score (nSPS) is 12.5. The molecule has 4 heteroatoms. The molecule has 0 aliphatic carbocycles. The molecule has 0 aliphatic rings. The van der Waals surface area contributed by atoms with Crippen molar-refractivity contribution < 1.29 is 9.90 Å². The lowest BCUT2D eigenvalue weighted by atomic mass is 10.1. The van der Waals surface area contributed by atoms with Gasteiger partial charge < -0.3 is 5.11 Å². The van der Waals surface area contributed by atoms with Crippen molar-refractivity contribution >= 4 is 5.97 Å². The number of rotatable bonds is 3. The van der Waals surface area contributed by atoms with Gasteiger partial charge in [0, 0.05) is 17.7 Å². The Hall–Kier alpha value is -1.45. The van der Waals surface area contributed by atoms with E-state index in [-0.39, 0.29) is 11.6 Å². The molecule has 0 bridgehead atoms. The SMILES string of the molecule is CCC(C)c1ncc(C)c(C(=O)O)n1. The van der Waals surface area contributed by atoms with Crippen LogP contribution in [0, 0.1) is 6.92 Å². The lowest BCUT2D eigenvalue weighted by Crippen LogP contribution is -2.09. The summed E-state index contributed by atoms with van der Waals surface area (Å²) in [5.74, 6) is -0.182. The van der Waals surface area contributed by atoms with Gasteiger partial charge in [-0.3, -0.25) is 0 Å². The maximum Gasteiger partial charge on any atom is 0.354 e. The molecule has 1 heterocycles. The molecule has 0 fully saturated rings. The standard InChI is InChI=1S/C10H14N2O2/c1-4-6(2)9-11-5-7(3)8(12-9)10(13)14/h5-6H,4H2,1-3H3,(H,13,14). The Kier molecular flexibility index (Phi) is 3.17. The average Bonchev–Trinajstić information content (AvgIpc) is 2.17. The average molecular weight is 194 g/mol. The highest BCUT2D eigenvalue weighted by molar-refractivity contribution is 5.86. The fraction of sp³-hybridized carbons (Fsp3) is 0.500. The second-order valence-corrected chi connectivity index (χ2v) is 3.37. The van der Waals surface area contributed by atoms with E-state index in [4.69, 9.17) is 5.11 Å². The molecule has 0 spiro atoms.